The lowest BCUT2D eigenvalue weighted by molar-refractivity contribution is -0.231. The van der Waals surface area contributed by atoms with Crippen molar-refractivity contribution in [2.24, 2.45) is 5.92 Å². The van der Waals surface area contributed by atoms with Gasteiger partial charge in [-0.25, -0.2) is 0 Å². The van der Waals surface area contributed by atoms with Crippen molar-refractivity contribution in [3.63, 3.8) is 0 Å². The van der Waals surface area contributed by atoms with Gasteiger partial charge < -0.3 is 24.1 Å². The fraction of sp³-hybridized carbons (Fsp3) is 0.351. The molecule has 0 bridgehead atoms. The molecule has 4 aromatic carbocycles. The molecule has 5 nitrogen and oxygen atoms in total. The highest BCUT2D eigenvalue weighted by Crippen LogP contribution is 2.60. The summed E-state index contributed by atoms with van der Waals surface area (Å²) in [6.45, 7) is 5.31. The van der Waals surface area contributed by atoms with Crippen LogP contribution >= 0.6 is 11.6 Å². The highest BCUT2D eigenvalue weighted by molar-refractivity contribution is 6.31. The summed E-state index contributed by atoms with van der Waals surface area (Å²) in [4.78, 5) is 0. The third-order valence-corrected chi connectivity index (χ3v) is 9.05. The van der Waals surface area contributed by atoms with Crippen molar-refractivity contribution < 1.29 is 24.1 Å². The van der Waals surface area contributed by atoms with Gasteiger partial charge in [-0.15, -0.1) is 0 Å². The van der Waals surface area contributed by atoms with E-state index in [9.17, 15) is 5.11 Å². The quantitative estimate of drug-likeness (QED) is 0.181. The fourth-order valence-corrected chi connectivity index (χ4v) is 6.46. The van der Waals surface area contributed by atoms with Crippen LogP contribution in [0.25, 0.3) is 0 Å². The minimum absolute atomic E-state index is 0.0314. The van der Waals surface area contributed by atoms with Gasteiger partial charge in [-0.1, -0.05) is 96.5 Å². The van der Waals surface area contributed by atoms with E-state index >= 15 is 0 Å². The van der Waals surface area contributed by atoms with E-state index < -0.39 is 17.8 Å². The topological polar surface area (TPSA) is 57.2 Å². The summed E-state index contributed by atoms with van der Waals surface area (Å²) in [5.74, 6) is 0.882. The Kier molecular flexibility index (Phi) is 9.17. The molecule has 1 unspecified atom stereocenters. The number of fused-ring (bicyclic) bond motifs is 1. The first-order valence-corrected chi connectivity index (χ1v) is 15.5. The summed E-state index contributed by atoms with van der Waals surface area (Å²) < 4.78 is 25.8. The van der Waals surface area contributed by atoms with Gasteiger partial charge >= 0.3 is 0 Å². The highest BCUT2D eigenvalue weighted by Gasteiger charge is 2.69. The highest BCUT2D eigenvalue weighted by atomic mass is 35.5. The number of halogens is 1. The maximum Gasteiger partial charge on any atom is 0.119 e. The van der Waals surface area contributed by atoms with Crippen molar-refractivity contribution in [3.8, 4) is 5.75 Å². The van der Waals surface area contributed by atoms with E-state index in [-0.39, 0.29) is 18.1 Å². The summed E-state index contributed by atoms with van der Waals surface area (Å²) in [6.07, 6.45) is -0.356. The zero-order valence-electron chi connectivity index (χ0n) is 24.7. The first kappa shape index (κ1) is 29.9. The van der Waals surface area contributed by atoms with Crippen LogP contribution in [-0.4, -0.2) is 35.6 Å². The van der Waals surface area contributed by atoms with Gasteiger partial charge in [0.2, 0.25) is 0 Å². The van der Waals surface area contributed by atoms with Crippen molar-refractivity contribution in [3.05, 3.63) is 136 Å². The Morgan fingerprint density at radius 1 is 0.837 bits per heavy atom. The first-order valence-electron chi connectivity index (χ1n) is 15.1. The van der Waals surface area contributed by atoms with Crippen LogP contribution in [0.3, 0.4) is 0 Å². The summed E-state index contributed by atoms with van der Waals surface area (Å²) in [5, 5.41) is 11.6. The van der Waals surface area contributed by atoms with Crippen LogP contribution in [0.1, 0.15) is 54.2 Å². The number of aliphatic hydroxyl groups excluding tert-OH is 1. The molecule has 2 aliphatic rings. The number of hydrogen-bond acceptors (Lipinski definition) is 5. The van der Waals surface area contributed by atoms with E-state index in [0.717, 1.165) is 40.0 Å². The molecule has 2 fully saturated rings. The average molecular weight is 599 g/mol. The zero-order chi connectivity index (χ0) is 29.8. The lowest BCUT2D eigenvalue weighted by atomic mass is 9.90. The smallest absolute Gasteiger partial charge is 0.119 e. The molecule has 1 saturated heterocycles. The molecule has 6 rings (SSSR count). The molecule has 0 aromatic heterocycles. The molecule has 0 radical (unpaired) electrons. The Morgan fingerprint density at radius 2 is 1.47 bits per heavy atom. The van der Waals surface area contributed by atoms with Gasteiger partial charge in [0.15, 0.2) is 0 Å². The van der Waals surface area contributed by atoms with Crippen LogP contribution < -0.4 is 4.74 Å². The molecular weight excluding hydrogens is 560 g/mol. The monoisotopic (exact) mass is 598 g/mol. The Labute approximate surface area is 259 Å². The van der Waals surface area contributed by atoms with Crippen molar-refractivity contribution in [2.45, 2.75) is 69.9 Å². The van der Waals surface area contributed by atoms with E-state index in [4.69, 9.17) is 30.5 Å². The minimum atomic E-state index is -0.673. The van der Waals surface area contributed by atoms with Crippen molar-refractivity contribution in [1.29, 1.82) is 0 Å². The Balaban J connectivity index is 1.32. The Hall–Kier alpha value is -3.19. The fourth-order valence-electron chi connectivity index (χ4n) is 6.28. The number of ether oxygens (including phenoxy) is 4. The standard InChI is InChI=1S/C37H39ClO5/c1-3-40-31-17-14-26(15-18-31)20-30-21-29(16-19-33(30)38)34-36(42-24-28-12-8-5-9-13-28)35(32-22-37(32,43-34)25(2)39)41-23-27-10-6-4-7-11-27/h4-19,21,25,32,34-36,39H,3,20,22-24H2,1-2H3/t25?,32-,34+,35+,36+,37+/m1/s1. The predicted molar refractivity (Wildman–Crippen MR) is 168 cm³/mol. The molecule has 1 aliphatic heterocycles. The number of hydrogen-bond donors (Lipinski definition) is 1. The lowest BCUT2D eigenvalue weighted by Gasteiger charge is -2.42. The maximum absolute atomic E-state index is 10.9. The van der Waals surface area contributed by atoms with E-state index in [1.165, 1.54) is 0 Å². The minimum Gasteiger partial charge on any atom is -0.494 e. The van der Waals surface area contributed by atoms with Crippen LogP contribution in [0.15, 0.2) is 103 Å². The molecule has 1 heterocycles. The van der Waals surface area contributed by atoms with Gasteiger partial charge in [0, 0.05) is 10.9 Å². The molecule has 6 heteroatoms. The molecule has 1 aliphatic carbocycles. The van der Waals surface area contributed by atoms with Crippen molar-refractivity contribution >= 4 is 11.6 Å². The van der Waals surface area contributed by atoms with Gasteiger partial charge in [-0.05, 0) is 72.7 Å². The van der Waals surface area contributed by atoms with Crippen LogP contribution in [0.2, 0.25) is 5.02 Å². The summed E-state index contributed by atoms with van der Waals surface area (Å²) in [7, 11) is 0. The first-order chi connectivity index (χ1) is 21.0. The van der Waals surface area contributed by atoms with Crippen molar-refractivity contribution in [2.75, 3.05) is 6.61 Å². The van der Waals surface area contributed by atoms with E-state index in [2.05, 4.69) is 42.5 Å². The summed E-state index contributed by atoms with van der Waals surface area (Å²) in [5.41, 5.74) is 4.60. The third kappa shape index (κ3) is 6.67. The summed E-state index contributed by atoms with van der Waals surface area (Å²) in [6, 6.07) is 34.5. The van der Waals surface area contributed by atoms with Gasteiger partial charge in [0.25, 0.3) is 0 Å². The van der Waals surface area contributed by atoms with Crippen LogP contribution in [-0.2, 0) is 33.8 Å². The van der Waals surface area contributed by atoms with E-state index in [1.807, 2.05) is 74.5 Å². The number of aliphatic hydroxyl groups is 1. The van der Waals surface area contributed by atoms with Crippen LogP contribution in [0.5, 0.6) is 5.75 Å². The van der Waals surface area contributed by atoms with E-state index in [0.29, 0.717) is 31.3 Å². The Morgan fingerprint density at radius 3 is 2.07 bits per heavy atom. The molecule has 4 aromatic rings. The molecular formula is C37H39ClO5. The number of rotatable bonds is 12. The zero-order valence-corrected chi connectivity index (χ0v) is 25.5. The molecule has 6 atom stereocenters. The van der Waals surface area contributed by atoms with Gasteiger partial charge in [-0.3, -0.25) is 0 Å². The maximum atomic E-state index is 10.9. The molecule has 0 spiro atoms. The third-order valence-electron chi connectivity index (χ3n) is 8.68. The lowest BCUT2D eigenvalue weighted by Crippen LogP contribution is -2.50. The molecule has 224 valence electrons. The predicted octanol–water partition coefficient (Wildman–Crippen LogP) is 7.71. The largest absolute Gasteiger partial charge is 0.494 e. The second kappa shape index (κ2) is 13.2. The molecule has 1 saturated carbocycles. The average Bonchev–Trinajstić information content (AvgIpc) is 3.78. The van der Waals surface area contributed by atoms with Gasteiger partial charge in [-0.2, -0.15) is 0 Å². The molecule has 1 N–H and O–H groups in total. The number of benzene rings is 4. The van der Waals surface area contributed by atoms with Crippen molar-refractivity contribution in [1.82, 2.24) is 0 Å². The second-order valence-corrected chi connectivity index (χ2v) is 12.0. The molecule has 0 amide bonds. The second-order valence-electron chi connectivity index (χ2n) is 11.6. The molecule has 43 heavy (non-hydrogen) atoms. The summed E-state index contributed by atoms with van der Waals surface area (Å²) >= 11 is 6.74. The Bertz CT molecular complexity index is 1480. The van der Waals surface area contributed by atoms with Crippen LogP contribution in [0.4, 0.5) is 0 Å². The van der Waals surface area contributed by atoms with Gasteiger partial charge in [0.05, 0.1) is 32.0 Å². The van der Waals surface area contributed by atoms with Gasteiger partial charge in [0.1, 0.15) is 23.6 Å². The normalized spacial score (nSPS) is 25.1. The van der Waals surface area contributed by atoms with Crippen LogP contribution in [0, 0.1) is 5.92 Å². The SMILES string of the molecule is CCOc1ccc(Cc2cc([C@@H]3O[C@]4(C(C)O)C[C@@H]4[C@H](OCc4ccccc4)[C@H]3OCc3ccccc3)ccc2Cl)cc1. The van der Waals surface area contributed by atoms with E-state index in [1.54, 1.807) is 0 Å².